The molecule has 0 amide bonds. The molecule has 5 nitrogen and oxygen atoms in total. The maximum absolute atomic E-state index is 11.0. The van der Waals surface area contributed by atoms with Crippen LogP contribution >= 0.6 is 0 Å². The Balaban J connectivity index is 2.30. The molecule has 0 spiro atoms. The molecule has 0 fully saturated rings. The predicted octanol–water partition coefficient (Wildman–Crippen LogP) is 2.20. The number of hydrogen-bond acceptors (Lipinski definition) is 3. The lowest BCUT2D eigenvalue weighted by atomic mass is 10.0. The monoisotopic (exact) mass is 247 g/mol. The Kier molecular flexibility index (Phi) is 2.40. The molecule has 2 N–H and O–H groups in total. The Labute approximate surface area is 103 Å². The number of hydrogen-bond donors (Lipinski definition) is 2. The van der Waals surface area contributed by atoms with Gasteiger partial charge >= 0.3 is 5.97 Å². The summed E-state index contributed by atoms with van der Waals surface area (Å²) in [5, 5.41) is 9.86. The van der Waals surface area contributed by atoms with E-state index in [1.54, 1.807) is 13.2 Å². The second-order valence-electron chi connectivity index (χ2n) is 4.29. The van der Waals surface area contributed by atoms with Crippen molar-refractivity contribution >= 4 is 16.9 Å². The van der Waals surface area contributed by atoms with Gasteiger partial charge in [0.1, 0.15) is 5.69 Å². The van der Waals surface area contributed by atoms with Crippen LogP contribution in [0.3, 0.4) is 0 Å². The number of methoxy groups -OCH3 is 1. The molecule has 0 atom stereocenters. The van der Waals surface area contributed by atoms with Crippen LogP contribution in [0.2, 0.25) is 0 Å². The number of nitrogens with one attached hydrogen (secondary N) is 1. The van der Waals surface area contributed by atoms with E-state index in [9.17, 15) is 4.79 Å². The standard InChI is InChI=1S/C13H13NO4/c1-17-10-6-7-5-9(13(15)16)14-11(7)8-3-2-4-18-12(8)10/h5-6,14H,2-4H2,1H3,(H,15,16). The highest BCUT2D eigenvalue weighted by Gasteiger charge is 2.21. The Morgan fingerprint density at radius 3 is 3.06 bits per heavy atom. The molecule has 0 saturated carbocycles. The summed E-state index contributed by atoms with van der Waals surface area (Å²) in [7, 11) is 1.59. The number of carbonyl (C=O) groups is 1. The molecule has 0 unspecified atom stereocenters. The van der Waals surface area contributed by atoms with Crippen molar-refractivity contribution in [1.29, 1.82) is 0 Å². The van der Waals surface area contributed by atoms with E-state index < -0.39 is 5.97 Å². The van der Waals surface area contributed by atoms with Gasteiger partial charge in [-0.1, -0.05) is 0 Å². The number of rotatable bonds is 2. The molecule has 1 aliphatic heterocycles. The van der Waals surface area contributed by atoms with Crippen LogP contribution < -0.4 is 9.47 Å². The molecule has 5 heteroatoms. The number of fused-ring (bicyclic) bond motifs is 3. The minimum absolute atomic E-state index is 0.186. The van der Waals surface area contributed by atoms with Crippen molar-refractivity contribution in [2.75, 3.05) is 13.7 Å². The number of carboxylic acids is 1. The molecule has 1 aliphatic rings. The van der Waals surface area contributed by atoms with E-state index in [1.165, 1.54) is 0 Å². The molecule has 2 aromatic rings. The third kappa shape index (κ3) is 1.51. The van der Waals surface area contributed by atoms with Gasteiger partial charge < -0.3 is 19.6 Å². The van der Waals surface area contributed by atoms with E-state index in [0.29, 0.717) is 12.4 Å². The van der Waals surface area contributed by atoms with Gasteiger partial charge in [0.2, 0.25) is 0 Å². The number of H-pyrrole nitrogens is 1. The lowest BCUT2D eigenvalue weighted by molar-refractivity contribution is 0.0691. The summed E-state index contributed by atoms with van der Waals surface area (Å²) < 4.78 is 10.9. The Bertz CT molecular complexity index is 629. The number of benzene rings is 1. The zero-order chi connectivity index (χ0) is 12.7. The van der Waals surface area contributed by atoms with E-state index >= 15 is 0 Å². The van der Waals surface area contributed by atoms with Crippen LogP contribution in [-0.4, -0.2) is 29.8 Å². The average Bonchev–Trinajstić information content (AvgIpc) is 2.82. The SMILES string of the molecule is COc1cc2cc(C(=O)O)[nH]c2c2c1OCCC2. The number of ether oxygens (including phenoxy) is 2. The van der Waals surface area contributed by atoms with Gasteiger partial charge in [0, 0.05) is 10.9 Å². The summed E-state index contributed by atoms with van der Waals surface area (Å²) >= 11 is 0. The van der Waals surface area contributed by atoms with Crippen LogP contribution in [0.25, 0.3) is 10.9 Å². The molecule has 18 heavy (non-hydrogen) atoms. The van der Waals surface area contributed by atoms with Crippen LogP contribution in [0.5, 0.6) is 11.5 Å². The highest BCUT2D eigenvalue weighted by molar-refractivity contribution is 5.96. The van der Waals surface area contributed by atoms with Crippen molar-refractivity contribution in [3.8, 4) is 11.5 Å². The molecule has 94 valence electrons. The van der Waals surface area contributed by atoms with Crippen molar-refractivity contribution in [1.82, 2.24) is 4.98 Å². The number of carboxylic acid groups (broad SMARTS) is 1. The van der Waals surface area contributed by atoms with Crippen molar-refractivity contribution in [3.63, 3.8) is 0 Å². The summed E-state index contributed by atoms with van der Waals surface area (Å²) in [6.07, 6.45) is 1.79. The van der Waals surface area contributed by atoms with Crippen LogP contribution in [0, 0.1) is 0 Å². The number of aromatic nitrogens is 1. The lowest BCUT2D eigenvalue weighted by Gasteiger charge is -2.20. The number of aryl methyl sites for hydroxylation is 1. The summed E-state index contributed by atoms with van der Waals surface area (Å²) in [5.41, 5.74) is 2.03. The smallest absolute Gasteiger partial charge is 0.352 e. The van der Waals surface area contributed by atoms with Gasteiger partial charge in [0.25, 0.3) is 0 Å². The topological polar surface area (TPSA) is 71.5 Å². The van der Waals surface area contributed by atoms with Gasteiger partial charge in [-0.2, -0.15) is 0 Å². The van der Waals surface area contributed by atoms with Crippen molar-refractivity contribution in [3.05, 3.63) is 23.4 Å². The first-order valence-corrected chi connectivity index (χ1v) is 5.79. The summed E-state index contributed by atoms with van der Waals surface area (Å²) in [4.78, 5) is 13.9. The third-order valence-electron chi connectivity index (χ3n) is 3.20. The lowest BCUT2D eigenvalue weighted by Crippen LogP contribution is -2.10. The van der Waals surface area contributed by atoms with Crippen molar-refractivity contribution in [2.24, 2.45) is 0 Å². The van der Waals surface area contributed by atoms with Gasteiger partial charge in [-0.25, -0.2) is 4.79 Å². The van der Waals surface area contributed by atoms with E-state index in [-0.39, 0.29) is 5.69 Å². The first-order chi connectivity index (χ1) is 8.70. The number of aromatic carboxylic acids is 1. The number of aromatic amines is 1. The molecular weight excluding hydrogens is 234 g/mol. The summed E-state index contributed by atoms with van der Waals surface area (Å²) in [6, 6.07) is 3.43. The van der Waals surface area contributed by atoms with Crippen molar-refractivity contribution < 1.29 is 19.4 Å². The minimum atomic E-state index is -0.962. The zero-order valence-corrected chi connectivity index (χ0v) is 9.95. The minimum Gasteiger partial charge on any atom is -0.493 e. The molecule has 0 aliphatic carbocycles. The zero-order valence-electron chi connectivity index (χ0n) is 9.95. The Hall–Kier alpha value is -2.17. The first kappa shape index (κ1) is 11.0. The molecule has 0 bridgehead atoms. The van der Waals surface area contributed by atoms with E-state index in [0.717, 1.165) is 35.1 Å². The van der Waals surface area contributed by atoms with Gasteiger partial charge in [-0.3, -0.25) is 0 Å². The fraction of sp³-hybridized carbons (Fsp3) is 0.308. The highest BCUT2D eigenvalue weighted by atomic mass is 16.5. The predicted molar refractivity (Wildman–Crippen MR) is 65.6 cm³/mol. The normalized spacial score (nSPS) is 14.1. The van der Waals surface area contributed by atoms with Crippen LogP contribution in [0.1, 0.15) is 22.5 Å². The van der Waals surface area contributed by atoms with Crippen molar-refractivity contribution in [2.45, 2.75) is 12.8 Å². The van der Waals surface area contributed by atoms with Gasteiger partial charge in [-0.15, -0.1) is 0 Å². The Morgan fingerprint density at radius 2 is 2.33 bits per heavy atom. The van der Waals surface area contributed by atoms with Crippen LogP contribution in [0.15, 0.2) is 12.1 Å². The largest absolute Gasteiger partial charge is 0.493 e. The van der Waals surface area contributed by atoms with E-state index in [2.05, 4.69) is 4.98 Å². The third-order valence-corrected chi connectivity index (χ3v) is 3.20. The fourth-order valence-corrected chi connectivity index (χ4v) is 2.39. The quantitative estimate of drug-likeness (QED) is 0.853. The summed E-state index contributed by atoms with van der Waals surface area (Å²) in [6.45, 7) is 0.668. The first-order valence-electron chi connectivity index (χ1n) is 5.79. The van der Waals surface area contributed by atoms with Crippen LogP contribution in [0.4, 0.5) is 0 Å². The fourth-order valence-electron chi connectivity index (χ4n) is 2.39. The second-order valence-corrected chi connectivity index (χ2v) is 4.29. The molecule has 2 heterocycles. The average molecular weight is 247 g/mol. The van der Waals surface area contributed by atoms with Gasteiger partial charge in [-0.05, 0) is 25.0 Å². The molecule has 0 radical (unpaired) electrons. The maximum Gasteiger partial charge on any atom is 0.352 e. The summed E-state index contributed by atoms with van der Waals surface area (Å²) in [5.74, 6) is 0.429. The van der Waals surface area contributed by atoms with E-state index in [1.807, 2.05) is 6.07 Å². The molecule has 1 aromatic carbocycles. The van der Waals surface area contributed by atoms with Gasteiger partial charge in [0.05, 0.1) is 19.2 Å². The van der Waals surface area contributed by atoms with Gasteiger partial charge in [0.15, 0.2) is 11.5 Å². The molecule has 1 aromatic heterocycles. The molecule has 3 rings (SSSR count). The second kappa shape index (κ2) is 3.94. The molecular formula is C13H13NO4. The molecule has 0 saturated heterocycles. The Morgan fingerprint density at radius 1 is 1.50 bits per heavy atom. The van der Waals surface area contributed by atoms with Crippen LogP contribution in [-0.2, 0) is 6.42 Å². The maximum atomic E-state index is 11.0. The highest BCUT2D eigenvalue weighted by Crippen LogP contribution is 2.40. The van der Waals surface area contributed by atoms with E-state index in [4.69, 9.17) is 14.6 Å².